The molecule has 0 aliphatic carbocycles. The van der Waals surface area contributed by atoms with E-state index in [9.17, 15) is 9.59 Å². The van der Waals surface area contributed by atoms with E-state index in [1.165, 1.54) is 4.90 Å². The van der Waals surface area contributed by atoms with E-state index < -0.39 is 6.03 Å². The molecule has 1 heterocycles. The van der Waals surface area contributed by atoms with Crippen LogP contribution in [0.5, 0.6) is 5.75 Å². The van der Waals surface area contributed by atoms with Gasteiger partial charge in [-0.15, -0.1) is 0 Å². The molecule has 150 valence electrons. The largest absolute Gasteiger partial charge is 0.489 e. The number of benzene rings is 3. The zero-order valence-corrected chi connectivity index (χ0v) is 16.8. The van der Waals surface area contributed by atoms with Gasteiger partial charge >= 0.3 is 6.03 Å². The topological polar surface area (TPSA) is 58.6 Å². The first-order valence-corrected chi connectivity index (χ1v) is 9.82. The first kappa shape index (κ1) is 19.7. The molecule has 1 N–H and O–H groups in total. The molecule has 1 aliphatic heterocycles. The van der Waals surface area contributed by atoms with E-state index >= 15 is 0 Å². The predicted octanol–water partition coefficient (Wildman–Crippen LogP) is 5.01. The van der Waals surface area contributed by atoms with Crippen LogP contribution in [-0.2, 0) is 17.9 Å². The Morgan fingerprint density at radius 2 is 1.57 bits per heavy atom. The summed E-state index contributed by atoms with van der Waals surface area (Å²) in [7, 11) is 0. The highest BCUT2D eigenvalue weighted by molar-refractivity contribution is 6.30. The van der Waals surface area contributed by atoms with Crippen LogP contribution < -0.4 is 10.1 Å². The zero-order chi connectivity index (χ0) is 20.9. The van der Waals surface area contributed by atoms with Crippen molar-refractivity contribution in [3.05, 3.63) is 106 Å². The maximum Gasteiger partial charge on any atom is 0.329 e. The molecule has 1 aliphatic rings. The van der Waals surface area contributed by atoms with Crippen molar-refractivity contribution in [1.82, 2.24) is 10.2 Å². The second-order valence-electron chi connectivity index (χ2n) is 6.85. The minimum absolute atomic E-state index is 0.236. The number of nitrogens with one attached hydrogen (secondary N) is 1. The lowest BCUT2D eigenvalue weighted by molar-refractivity contribution is -0.123. The normalized spacial score (nSPS) is 14.8. The number of amides is 3. The second-order valence-corrected chi connectivity index (χ2v) is 7.29. The summed E-state index contributed by atoms with van der Waals surface area (Å²) in [5.41, 5.74) is 2.96. The van der Waals surface area contributed by atoms with Crippen molar-refractivity contribution < 1.29 is 14.3 Å². The van der Waals surface area contributed by atoms with Crippen molar-refractivity contribution in [3.8, 4) is 5.75 Å². The molecule has 0 aromatic heterocycles. The number of carbonyl (C=O) groups excluding carboxylic acids is 2. The molecule has 4 rings (SSSR count). The molecule has 0 spiro atoms. The van der Waals surface area contributed by atoms with Gasteiger partial charge in [0.15, 0.2) is 0 Å². The molecular formula is C24H19ClN2O3. The van der Waals surface area contributed by atoms with Crippen molar-refractivity contribution in [3.63, 3.8) is 0 Å². The molecule has 6 heteroatoms. The molecule has 3 amide bonds. The number of ether oxygens (including phenoxy) is 1. The van der Waals surface area contributed by atoms with Crippen LogP contribution in [0, 0.1) is 0 Å². The lowest BCUT2D eigenvalue weighted by Gasteiger charge is -2.11. The summed E-state index contributed by atoms with van der Waals surface area (Å²) in [6.07, 6.45) is 1.66. The molecule has 0 radical (unpaired) electrons. The molecule has 0 saturated carbocycles. The zero-order valence-electron chi connectivity index (χ0n) is 16.0. The maximum absolute atomic E-state index is 12.6. The van der Waals surface area contributed by atoms with Gasteiger partial charge in [0.1, 0.15) is 18.1 Å². The number of imide groups is 1. The maximum atomic E-state index is 12.6. The molecule has 0 bridgehead atoms. The number of urea groups is 1. The fourth-order valence-corrected chi connectivity index (χ4v) is 3.18. The highest BCUT2D eigenvalue weighted by Gasteiger charge is 2.33. The van der Waals surface area contributed by atoms with E-state index in [0.29, 0.717) is 17.4 Å². The van der Waals surface area contributed by atoms with Crippen molar-refractivity contribution in [2.45, 2.75) is 13.2 Å². The van der Waals surface area contributed by atoms with Crippen molar-refractivity contribution >= 4 is 29.6 Å². The van der Waals surface area contributed by atoms with Gasteiger partial charge in [-0.1, -0.05) is 66.2 Å². The average molecular weight is 419 g/mol. The molecule has 0 unspecified atom stereocenters. The summed E-state index contributed by atoms with van der Waals surface area (Å²) in [5.74, 6) is 0.367. The quantitative estimate of drug-likeness (QED) is 0.452. The van der Waals surface area contributed by atoms with E-state index in [1.807, 2.05) is 78.9 Å². The Balaban J connectivity index is 1.40. The van der Waals surface area contributed by atoms with E-state index in [2.05, 4.69) is 5.32 Å². The van der Waals surface area contributed by atoms with Crippen molar-refractivity contribution in [2.24, 2.45) is 0 Å². The van der Waals surface area contributed by atoms with Crippen LogP contribution in [0.15, 0.2) is 84.6 Å². The smallest absolute Gasteiger partial charge is 0.329 e. The van der Waals surface area contributed by atoms with Gasteiger partial charge in [-0.3, -0.25) is 9.69 Å². The van der Waals surface area contributed by atoms with E-state index in [0.717, 1.165) is 16.7 Å². The number of rotatable bonds is 6. The molecule has 1 fully saturated rings. The Hall–Kier alpha value is -3.57. The van der Waals surface area contributed by atoms with Gasteiger partial charge in [0.25, 0.3) is 5.91 Å². The van der Waals surface area contributed by atoms with E-state index in [1.54, 1.807) is 6.08 Å². The minimum atomic E-state index is -0.418. The summed E-state index contributed by atoms with van der Waals surface area (Å²) in [5, 5.41) is 3.33. The molecule has 30 heavy (non-hydrogen) atoms. The fraction of sp³-hybridized carbons (Fsp3) is 0.0833. The van der Waals surface area contributed by atoms with Gasteiger partial charge in [-0.2, -0.15) is 0 Å². The van der Waals surface area contributed by atoms with E-state index in [4.69, 9.17) is 16.3 Å². The Kier molecular flexibility index (Phi) is 5.82. The van der Waals surface area contributed by atoms with Crippen LogP contribution in [0.3, 0.4) is 0 Å². The molecule has 5 nitrogen and oxygen atoms in total. The Labute approximate surface area is 179 Å². The van der Waals surface area contributed by atoms with Gasteiger partial charge in [0, 0.05) is 5.02 Å². The summed E-state index contributed by atoms with van der Waals surface area (Å²) in [6.45, 7) is 0.668. The van der Waals surface area contributed by atoms with E-state index in [-0.39, 0.29) is 18.1 Å². The number of nitrogens with zero attached hydrogens (tertiary/aromatic N) is 1. The number of hydrogen-bond acceptors (Lipinski definition) is 3. The monoisotopic (exact) mass is 418 g/mol. The number of halogens is 1. The van der Waals surface area contributed by atoms with Crippen molar-refractivity contribution in [2.75, 3.05) is 0 Å². The van der Waals surface area contributed by atoms with Crippen LogP contribution >= 0.6 is 11.6 Å². The minimum Gasteiger partial charge on any atom is -0.489 e. The first-order chi connectivity index (χ1) is 14.6. The predicted molar refractivity (Wildman–Crippen MR) is 116 cm³/mol. The SMILES string of the molecule is O=C1N/C(=C/c2ccc(OCc3ccc(Cl)cc3)cc2)C(=O)N1Cc1ccccc1. The fourth-order valence-electron chi connectivity index (χ4n) is 3.06. The second kappa shape index (κ2) is 8.84. The number of carbonyl (C=O) groups is 2. The Morgan fingerprint density at radius 1 is 0.867 bits per heavy atom. The van der Waals surface area contributed by atoms with Crippen LogP contribution in [0.1, 0.15) is 16.7 Å². The van der Waals surface area contributed by atoms with Gasteiger partial charge < -0.3 is 10.1 Å². The van der Waals surface area contributed by atoms with Crippen LogP contribution in [0.2, 0.25) is 5.02 Å². The highest BCUT2D eigenvalue weighted by Crippen LogP contribution is 2.20. The lowest BCUT2D eigenvalue weighted by atomic mass is 10.1. The molecular weight excluding hydrogens is 400 g/mol. The van der Waals surface area contributed by atoms with Crippen molar-refractivity contribution in [1.29, 1.82) is 0 Å². The molecule has 1 saturated heterocycles. The van der Waals surface area contributed by atoms with Gasteiger partial charge in [-0.25, -0.2) is 4.79 Å². The summed E-state index contributed by atoms with van der Waals surface area (Å²) < 4.78 is 5.77. The van der Waals surface area contributed by atoms with Gasteiger partial charge in [0.05, 0.1) is 6.54 Å². The lowest BCUT2D eigenvalue weighted by Crippen LogP contribution is -2.30. The summed E-state index contributed by atoms with van der Waals surface area (Å²) in [4.78, 5) is 26.0. The Morgan fingerprint density at radius 3 is 2.27 bits per heavy atom. The molecule has 3 aromatic carbocycles. The van der Waals surface area contributed by atoms with Gasteiger partial charge in [0.2, 0.25) is 0 Å². The first-order valence-electron chi connectivity index (χ1n) is 9.44. The third kappa shape index (κ3) is 4.70. The Bertz CT molecular complexity index is 1080. The van der Waals surface area contributed by atoms with Crippen LogP contribution in [0.25, 0.3) is 6.08 Å². The van der Waals surface area contributed by atoms with Gasteiger partial charge in [-0.05, 0) is 47.0 Å². The highest BCUT2D eigenvalue weighted by atomic mass is 35.5. The standard InChI is InChI=1S/C24H19ClN2O3/c25-20-10-6-19(7-11-20)16-30-21-12-8-17(9-13-21)14-22-23(28)27(24(29)26-22)15-18-4-2-1-3-5-18/h1-14H,15-16H2,(H,26,29)/b22-14+. The average Bonchev–Trinajstić information content (AvgIpc) is 3.02. The van der Waals surface area contributed by atoms with Crippen LogP contribution in [-0.4, -0.2) is 16.8 Å². The summed E-state index contributed by atoms with van der Waals surface area (Å²) >= 11 is 5.89. The summed E-state index contributed by atoms with van der Waals surface area (Å²) in [6, 6.07) is 23.8. The number of hydrogen-bond donors (Lipinski definition) is 1. The third-order valence-corrected chi connectivity index (χ3v) is 4.91. The molecule has 3 aromatic rings. The molecule has 0 atom stereocenters. The third-order valence-electron chi connectivity index (χ3n) is 4.66. The van der Waals surface area contributed by atoms with Crippen LogP contribution in [0.4, 0.5) is 4.79 Å².